The highest BCUT2D eigenvalue weighted by Crippen LogP contribution is 2.39. The summed E-state index contributed by atoms with van der Waals surface area (Å²) in [6.45, 7) is 1.98. The number of benzene rings is 2. The molecule has 2 aromatic carbocycles. The Morgan fingerprint density at radius 1 is 0.933 bits per heavy atom. The zero-order chi connectivity index (χ0) is 20.9. The highest BCUT2D eigenvalue weighted by molar-refractivity contribution is 7.93. The fourth-order valence-corrected chi connectivity index (χ4v) is 6.31. The van der Waals surface area contributed by atoms with Gasteiger partial charge in [-0.1, -0.05) is 48.5 Å². The van der Waals surface area contributed by atoms with E-state index >= 15 is 0 Å². The minimum atomic E-state index is -3.85. The van der Waals surface area contributed by atoms with Gasteiger partial charge in [-0.3, -0.25) is 0 Å². The van der Waals surface area contributed by atoms with Gasteiger partial charge in [-0.2, -0.15) is 0 Å². The van der Waals surface area contributed by atoms with E-state index in [0.29, 0.717) is 22.2 Å². The first-order chi connectivity index (χ1) is 14.5. The molecule has 0 saturated carbocycles. The van der Waals surface area contributed by atoms with Crippen molar-refractivity contribution >= 4 is 49.2 Å². The van der Waals surface area contributed by atoms with Crippen LogP contribution in [0.15, 0.2) is 81.2 Å². The van der Waals surface area contributed by atoms with Gasteiger partial charge in [-0.05, 0) is 36.1 Å². The number of para-hydroxylation sites is 2. The summed E-state index contributed by atoms with van der Waals surface area (Å²) < 4.78 is 29.0. The molecular weight excluding hydrogens is 416 g/mol. The third-order valence-electron chi connectivity index (χ3n) is 5.19. The predicted molar refractivity (Wildman–Crippen MR) is 119 cm³/mol. The zero-order valence-corrected chi connectivity index (χ0v) is 17.7. The third kappa shape index (κ3) is 2.79. The molecule has 1 atom stereocenters. The number of aromatic nitrogens is 3. The number of fused-ring (bicyclic) bond motifs is 2. The summed E-state index contributed by atoms with van der Waals surface area (Å²) in [7, 11) is -3.85. The Bertz CT molecular complexity index is 1470. The van der Waals surface area contributed by atoms with E-state index in [-0.39, 0.29) is 21.0 Å². The van der Waals surface area contributed by atoms with Crippen molar-refractivity contribution in [3.8, 4) is 0 Å². The predicted octanol–water partition coefficient (Wildman–Crippen LogP) is 4.67. The van der Waals surface area contributed by atoms with Gasteiger partial charge >= 0.3 is 0 Å². The van der Waals surface area contributed by atoms with Crippen LogP contribution in [-0.4, -0.2) is 23.0 Å². The zero-order valence-electron chi connectivity index (χ0n) is 16.1. The maximum Gasteiger partial charge on any atom is 0.221 e. The standard InChI is InChI=1S/C22H18N4O2S2/c1-14(15-8-3-2-4-9-15)26-21(23)20(30(27,28)18-12-7-13-29-18)19-22(26)25-17-11-6-5-10-16(17)24-19/h2-14H,23H2,1H3. The molecular formula is C22H18N4O2S2. The third-order valence-corrected chi connectivity index (χ3v) is 8.40. The summed E-state index contributed by atoms with van der Waals surface area (Å²) in [5.41, 5.74) is 9.57. The van der Waals surface area contributed by atoms with Gasteiger partial charge in [0.2, 0.25) is 9.84 Å². The molecule has 5 rings (SSSR count). The number of anilines is 1. The summed E-state index contributed by atoms with van der Waals surface area (Å²) in [6, 6.07) is 20.3. The lowest BCUT2D eigenvalue weighted by Gasteiger charge is -2.17. The van der Waals surface area contributed by atoms with Crippen LogP contribution in [0.2, 0.25) is 0 Å². The van der Waals surface area contributed by atoms with E-state index in [9.17, 15) is 8.42 Å². The summed E-state index contributed by atoms with van der Waals surface area (Å²) in [4.78, 5) is 9.45. The van der Waals surface area contributed by atoms with Crippen LogP contribution in [0, 0.1) is 0 Å². The molecule has 0 amide bonds. The fraction of sp³-hybridized carbons (Fsp3) is 0.0909. The van der Waals surface area contributed by atoms with Crippen molar-refractivity contribution < 1.29 is 8.42 Å². The molecule has 0 radical (unpaired) electrons. The Morgan fingerprint density at radius 3 is 2.27 bits per heavy atom. The van der Waals surface area contributed by atoms with Gasteiger partial charge in [0.15, 0.2) is 5.65 Å². The molecule has 0 saturated heterocycles. The maximum atomic E-state index is 13.5. The second kappa shape index (κ2) is 6.93. The molecule has 5 aromatic rings. The number of hydrogen-bond acceptors (Lipinski definition) is 6. The van der Waals surface area contributed by atoms with Crippen molar-refractivity contribution in [1.29, 1.82) is 0 Å². The molecule has 3 aromatic heterocycles. The Kier molecular flexibility index (Phi) is 4.34. The van der Waals surface area contributed by atoms with Crippen molar-refractivity contribution in [2.75, 3.05) is 5.73 Å². The molecule has 0 aliphatic rings. The van der Waals surface area contributed by atoms with Crippen LogP contribution in [0.3, 0.4) is 0 Å². The van der Waals surface area contributed by atoms with E-state index in [1.54, 1.807) is 22.1 Å². The first-order valence-corrected chi connectivity index (χ1v) is 11.7. The smallest absolute Gasteiger partial charge is 0.221 e. The average molecular weight is 435 g/mol. The van der Waals surface area contributed by atoms with E-state index in [1.165, 1.54) is 0 Å². The van der Waals surface area contributed by atoms with Gasteiger partial charge in [-0.25, -0.2) is 18.4 Å². The number of sulfone groups is 1. The summed E-state index contributed by atoms with van der Waals surface area (Å²) >= 11 is 1.16. The lowest BCUT2D eigenvalue weighted by molar-refractivity contribution is 0.598. The molecule has 0 fully saturated rings. The first-order valence-electron chi connectivity index (χ1n) is 9.38. The Balaban J connectivity index is 1.89. The molecule has 30 heavy (non-hydrogen) atoms. The van der Waals surface area contributed by atoms with E-state index in [1.807, 2.05) is 61.5 Å². The van der Waals surface area contributed by atoms with Crippen LogP contribution in [0.4, 0.5) is 5.82 Å². The molecule has 1 unspecified atom stereocenters. The second-order valence-electron chi connectivity index (χ2n) is 6.99. The Morgan fingerprint density at radius 2 is 1.60 bits per heavy atom. The lowest BCUT2D eigenvalue weighted by Crippen LogP contribution is -2.12. The number of nitrogens with zero attached hydrogens (tertiary/aromatic N) is 3. The minimum absolute atomic E-state index is 0.0148. The van der Waals surface area contributed by atoms with Crippen LogP contribution in [0.25, 0.3) is 22.2 Å². The van der Waals surface area contributed by atoms with Crippen LogP contribution >= 0.6 is 11.3 Å². The highest BCUT2D eigenvalue weighted by atomic mass is 32.2. The van der Waals surface area contributed by atoms with E-state index in [0.717, 1.165) is 16.9 Å². The quantitative estimate of drug-likeness (QED) is 0.444. The van der Waals surface area contributed by atoms with Gasteiger partial charge < -0.3 is 10.3 Å². The molecule has 150 valence electrons. The summed E-state index contributed by atoms with van der Waals surface area (Å²) in [6.07, 6.45) is 0. The SMILES string of the molecule is CC(c1ccccc1)n1c(N)c(S(=O)(=O)c2cccs2)c2nc3ccccc3nc21. The molecule has 0 aliphatic heterocycles. The van der Waals surface area contributed by atoms with E-state index in [4.69, 9.17) is 10.7 Å². The van der Waals surface area contributed by atoms with Crippen LogP contribution in [-0.2, 0) is 9.84 Å². The number of hydrogen-bond donors (Lipinski definition) is 1. The van der Waals surface area contributed by atoms with Crippen LogP contribution in [0.1, 0.15) is 18.5 Å². The first kappa shape index (κ1) is 18.8. The minimum Gasteiger partial charge on any atom is -0.384 e. The van der Waals surface area contributed by atoms with Crippen molar-refractivity contribution in [3.63, 3.8) is 0 Å². The largest absolute Gasteiger partial charge is 0.384 e. The van der Waals surface area contributed by atoms with Gasteiger partial charge in [0.1, 0.15) is 20.4 Å². The van der Waals surface area contributed by atoms with Gasteiger partial charge in [0.25, 0.3) is 0 Å². The monoisotopic (exact) mass is 434 g/mol. The normalized spacial score (nSPS) is 13.1. The van der Waals surface area contributed by atoms with Gasteiger partial charge in [0.05, 0.1) is 17.1 Å². The molecule has 6 nitrogen and oxygen atoms in total. The number of nitrogens with two attached hydrogens (primary N) is 1. The van der Waals surface area contributed by atoms with Crippen molar-refractivity contribution in [1.82, 2.24) is 14.5 Å². The lowest BCUT2D eigenvalue weighted by atomic mass is 10.1. The van der Waals surface area contributed by atoms with Crippen molar-refractivity contribution in [2.24, 2.45) is 0 Å². The number of thiophene rings is 1. The van der Waals surface area contributed by atoms with Crippen LogP contribution in [0.5, 0.6) is 0 Å². The highest BCUT2D eigenvalue weighted by Gasteiger charge is 2.32. The van der Waals surface area contributed by atoms with Crippen molar-refractivity contribution in [2.45, 2.75) is 22.1 Å². The Hall–Kier alpha value is -3.23. The number of nitrogen functional groups attached to an aromatic ring is 1. The van der Waals surface area contributed by atoms with Gasteiger partial charge in [0, 0.05) is 0 Å². The molecule has 0 bridgehead atoms. The fourth-order valence-electron chi connectivity index (χ4n) is 3.71. The average Bonchev–Trinajstić information content (AvgIpc) is 3.39. The molecule has 0 aliphatic carbocycles. The van der Waals surface area contributed by atoms with E-state index in [2.05, 4.69) is 4.98 Å². The topological polar surface area (TPSA) is 90.9 Å². The molecule has 2 N–H and O–H groups in total. The molecule has 8 heteroatoms. The van der Waals surface area contributed by atoms with Gasteiger partial charge in [-0.15, -0.1) is 11.3 Å². The maximum absolute atomic E-state index is 13.5. The summed E-state index contributed by atoms with van der Waals surface area (Å²) in [5, 5.41) is 1.73. The van der Waals surface area contributed by atoms with Crippen molar-refractivity contribution in [3.05, 3.63) is 77.7 Å². The van der Waals surface area contributed by atoms with E-state index < -0.39 is 9.84 Å². The molecule has 3 heterocycles. The number of rotatable bonds is 4. The Labute approximate surface area is 177 Å². The summed E-state index contributed by atoms with van der Waals surface area (Å²) in [5.74, 6) is 0.144. The van der Waals surface area contributed by atoms with Crippen LogP contribution < -0.4 is 5.73 Å². The molecule has 0 spiro atoms. The second-order valence-corrected chi connectivity index (χ2v) is 10.1.